The largest absolute Gasteiger partial charge is 0.494 e. The molecule has 0 spiro atoms. The Morgan fingerprint density at radius 1 is 1.29 bits per heavy atom. The number of aromatic nitrogens is 1. The number of thiazole rings is 1. The molecule has 8 heteroatoms. The lowest BCUT2D eigenvalue weighted by Gasteiger charge is -2.08. The van der Waals surface area contributed by atoms with Gasteiger partial charge in [0.1, 0.15) is 10.8 Å². The molecule has 0 amide bonds. The predicted octanol–water partition coefficient (Wildman–Crippen LogP) is 1.38. The Kier molecular flexibility index (Phi) is 5.68. The minimum Gasteiger partial charge on any atom is -0.494 e. The molecule has 0 fully saturated rings. The summed E-state index contributed by atoms with van der Waals surface area (Å²) < 4.78 is 32.0. The average molecular weight is 328 g/mol. The summed E-state index contributed by atoms with van der Waals surface area (Å²) in [6, 6.07) is 6.15. The highest BCUT2D eigenvalue weighted by atomic mass is 32.2. The number of hydrogen-bond acceptors (Lipinski definition) is 6. The summed E-state index contributed by atoms with van der Waals surface area (Å²) in [7, 11) is -3.56. The third kappa shape index (κ3) is 4.78. The van der Waals surface area contributed by atoms with Crippen LogP contribution in [0, 0.1) is 0 Å². The SMILES string of the molecule is O=S(=O)(NCc1nccs1)c1ccc(OCCCO)cc1. The Bertz CT molecular complexity index is 639. The summed E-state index contributed by atoms with van der Waals surface area (Å²) >= 11 is 1.39. The van der Waals surface area contributed by atoms with Gasteiger partial charge in [0.15, 0.2) is 0 Å². The third-order valence-corrected chi connectivity index (χ3v) is 4.80. The Labute approximate surface area is 127 Å². The quantitative estimate of drug-likeness (QED) is 0.715. The van der Waals surface area contributed by atoms with E-state index in [0.29, 0.717) is 23.8 Å². The number of hydrogen-bond donors (Lipinski definition) is 2. The van der Waals surface area contributed by atoms with Crippen LogP contribution in [0.3, 0.4) is 0 Å². The van der Waals surface area contributed by atoms with Gasteiger partial charge in [0.2, 0.25) is 10.0 Å². The highest BCUT2D eigenvalue weighted by Gasteiger charge is 2.14. The van der Waals surface area contributed by atoms with Crippen LogP contribution in [-0.4, -0.2) is 31.7 Å². The van der Waals surface area contributed by atoms with E-state index >= 15 is 0 Å². The fraction of sp³-hybridized carbons (Fsp3) is 0.308. The molecular weight excluding hydrogens is 312 g/mol. The van der Waals surface area contributed by atoms with Crippen molar-refractivity contribution in [2.75, 3.05) is 13.2 Å². The van der Waals surface area contributed by atoms with E-state index in [1.807, 2.05) is 0 Å². The first-order chi connectivity index (χ1) is 10.1. The van der Waals surface area contributed by atoms with Crippen LogP contribution in [-0.2, 0) is 16.6 Å². The van der Waals surface area contributed by atoms with E-state index in [4.69, 9.17) is 9.84 Å². The molecule has 2 N–H and O–H groups in total. The van der Waals surface area contributed by atoms with Crippen LogP contribution < -0.4 is 9.46 Å². The third-order valence-electron chi connectivity index (χ3n) is 2.60. The summed E-state index contributed by atoms with van der Waals surface area (Å²) in [5.41, 5.74) is 0. The smallest absolute Gasteiger partial charge is 0.240 e. The maximum atomic E-state index is 12.1. The van der Waals surface area contributed by atoms with Gasteiger partial charge in [0.05, 0.1) is 18.0 Å². The lowest BCUT2D eigenvalue weighted by molar-refractivity contribution is 0.233. The van der Waals surface area contributed by atoms with E-state index < -0.39 is 10.0 Å². The van der Waals surface area contributed by atoms with Gasteiger partial charge in [0.25, 0.3) is 0 Å². The van der Waals surface area contributed by atoms with Crippen LogP contribution in [0.25, 0.3) is 0 Å². The first-order valence-electron chi connectivity index (χ1n) is 6.33. The van der Waals surface area contributed by atoms with Crippen LogP contribution in [0.1, 0.15) is 11.4 Å². The second-order valence-corrected chi connectivity index (χ2v) is 6.89. The number of rotatable bonds is 8. The van der Waals surface area contributed by atoms with Crippen molar-refractivity contribution in [2.24, 2.45) is 0 Å². The van der Waals surface area contributed by atoms with E-state index in [0.717, 1.165) is 0 Å². The number of nitrogens with zero attached hydrogens (tertiary/aromatic N) is 1. The topological polar surface area (TPSA) is 88.5 Å². The van der Waals surface area contributed by atoms with Crippen LogP contribution in [0.4, 0.5) is 0 Å². The predicted molar refractivity (Wildman–Crippen MR) is 79.8 cm³/mol. The lowest BCUT2D eigenvalue weighted by atomic mass is 10.3. The first-order valence-corrected chi connectivity index (χ1v) is 8.70. The Hall–Kier alpha value is -1.48. The van der Waals surface area contributed by atoms with Crippen LogP contribution in [0.5, 0.6) is 5.75 Å². The summed E-state index contributed by atoms with van der Waals surface area (Å²) in [5.74, 6) is 0.572. The molecule has 1 aromatic carbocycles. The number of nitrogens with one attached hydrogen (secondary N) is 1. The highest BCUT2D eigenvalue weighted by molar-refractivity contribution is 7.89. The standard InChI is InChI=1S/C13H16N2O4S2/c16-7-1-8-19-11-2-4-12(5-3-11)21(17,18)15-10-13-14-6-9-20-13/h2-6,9,15-16H,1,7-8,10H2. The van der Waals surface area contributed by atoms with Gasteiger partial charge in [-0.1, -0.05) is 0 Å². The van der Waals surface area contributed by atoms with Gasteiger partial charge in [-0.15, -0.1) is 11.3 Å². The van der Waals surface area contributed by atoms with E-state index in [-0.39, 0.29) is 18.0 Å². The van der Waals surface area contributed by atoms with Gasteiger partial charge in [-0.3, -0.25) is 0 Å². The molecule has 0 atom stereocenters. The molecule has 1 heterocycles. The van der Waals surface area contributed by atoms with Crippen molar-refractivity contribution < 1.29 is 18.3 Å². The molecule has 0 bridgehead atoms. The monoisotopic (exact) mass is 328 g/mol. The normalized spacial score (nSPS) is 11.5. The van der Waals surface area contributed by atoms with Gasteiger partial charge in [0, 0.05) is 24.6 Å². The average Bonchev–Trinajstić information content (AvgIpc) is 3.00. The van der Waals surface area contributed by atoms with Crippen LogP contribution >= 0.6 is 11.3 Å². The number of aliphatic hydroxyl groups is 1. The molecule has 1 aromatic heterocycles. The van der Waals surface area contributed by atoms with Crippen molar-refractivity contribution in [1.29, 1.82) is 0 Å². The maximum Gasteiger partial charge on any atom is 0.240 e. The van der Waals surface area contributed by atoms with Crippen molar-refractivity contribution >= 4 is 21.4 Å². The summed E-state index contributed by atoms with van der Waals surface area (Å²) in [5, 5.41) is 11.2. The van der Waals surface area contributed by atoms with Crippen LogP contribution in [0.15, 0.2) is 40.7 Å². The Balaban J connectivity index is 1.96. The second kappa shape index (κ2) is 7.51. The van der Waals surface area contributed by atoms with E-state index in [1.165, 1.54) is 23.5 Å². The molecule has 2 aromatic rings. The molecule has 0 aliphatic carbocycles. The van der Waals surface area contributed by atoms with Gasteiger partial charge < -0.3 is 9.84 Å². The molecule has 0 saturated heterocycles. The molecule has 6 nitrogen and oxygen atoms in total. The lowest BCUT2D eigenvalue weighted by Crippen LogP contribution is -2.23. The maximum absolute atomic E-state index is 12.1. The minimum absolute atomic E-state index is 0.0626. The number of aliphatic hydroxyl groups excluding tert-OH is 1. The molecule has 21 heavy (non-hydrogen) atoms. The summed E-state index contributed by atoms with van der Waals surface area (Å²) in [6.07, 6.45) is 2.17. The highest BCUT2D eigenvalue weighted by Crippen LogP contribution is 2.16. The molecule has 0 saturated carbocycles. The van der Waals surface area contributed by atoms with Gasteiger partial charge in [-0.25, -0.2) is 18.1 Å². The summed E-state index contributed by atoms with van der Waals surface area (Å²) in [4.78, 5) is 4.19. The summed E-state index contributed by atoms with van der Waals surface area (Å²) in [6.45, 7) is 0.632. The second-order valence-electron chi connectivity index (χ2n) is 4.15. The van der Waals surface area contributed by atoms with E-state index in [1.54, 1.807) is 23.7 Å². The fourth-order valence-electron chi connectivity index (χ4n) is 1.55. The molecule has 114 valence electrons. The van der Waals surface area contributed by atoms with Crippen molar-refractivity contribution in [3.05, 3.63) is 40.8 Å². The number of benzene rings is 1. The number of sulfonamides is 1. The van der Waals surface area contributed by atoms with Gasteiger partial charge in [-0.2, -0.15) is 0 Å². The zero-order valence-electron chi connectivity index (χ0n) is 11.2. The zero-order chi connectivity index (χ0) is 15.1. The molecule has 2 rings (SSSR count). The first kappa shape index (κ1) is 15.9. The fourth-order valence-corrected chi connectivity index (χ4v) is 3.19. The van der Waals surface area contributed by atoms with E-state index in [2.05, 4.69) is 9.71 Å². The van der Waals surface area contributed by atoms with Crippen molar-refractivity contribution in [1.82, 2.24) is 9.71 Å². The molecule has 0 unspecified atom stereocenters. The molecule has 0 radical (unpaired) electrons. The van der Waals surface area contributed by atoms with Crippen molar-refractivity contribution in [3.8, 4) is 5.75 Å². The van der Waals surface area contributed by atoms with Gasteiger partial charge >= 0.3 is 0 Å². The van der Waals surface area contributed by atoms with Crippen LogP contribution in [0.2, 0.25) is 0 Å². The molecular formula is C13H16N2O4S2. The van der Waals surface area contributed by atoms with Gasteiger partial charge in [-0.05, 0) is 24.3 Å². The minimum atomic E-state index is -3.56. The van der Waals surface area contributed by atoms with Crippen molar-refractivity contribution in [2.45, 2.75) is 17.9 Å². The number of ether oxygens (including phenoxy) is 1. The molecule has 0 aliphatic rings. The molecule has 0 aliphatic heterocycles. The van der Waals surface area contributed by atoms with Crippen molar-refractivity contribution in [3.63, 3.8) is 0 Å². The Morgan fingerprint density at radius 3 is 2.67 bits per heavy atom. The Morgan fingerprint density at radius 2 is 2.05 bits per heavy atom. The zero-order valence-corrected chi connectivity index (χ0v) is 12.9. The van der Waals surface area contributed by atoms with E-state index in [9.17, 15) is 8.42 Å².